The number of oxazole rings is 1. The van der Waals surface area contributed by atoms with E-state index in [4.69, 9.17) is 9.52 Å². The summed E-state index contributed by atoms with van der Waals surface area (Å²) in [4.78, 5) is 34.7. The van der Waals surface area contributed by atoms with Crippen LogP contribution in [0.15, 0.2) is 33.5 Å². The average molecular weight is 320 g/mol. The van der Waals surface area contributed by atoms with Crippen LogP contribution in [0.5, 0.6) is 0 Å². The molecule has 21 heavy (non-hydrogen) atoms. The number of rotatable bonds is 4. The molecule has 1 aromatic carbocycles. The van der Waals surface area contributed by atoms with Gasteiger partial charge < -0.3 is 13.3 Å². The van der Waals surface area contributed by atoms with Gasteiger partial charge in [0.05, 0.1) is 0 Å². The lowest BCUT2D eigenvalue weighted by Gasteiger charge is -2.04. The Kier molecular flexibility index (Phi) is 4.89. The Hall–Kier alpha value is -1.97. The molecule has 0 fully saturated rings. The third kappa shape index (κ3) is 4.00. The third-order valence-electron chi connectivity index (χ3n) is 2.63. The van der Waals surface area contributed by atoms with Crippen molar-refractivity contribution < 1.29 is 22.9 Å². The van der Waals surface area contributed by atoms with Gasteiger partial charge in [0.15, 0.2) is 16.4 Å². The van der Waals surface area contributed by atoms with Crippen LogP contribution in [0.2, 0.25) is 0 Å². The molecule has 0 bridgehead atoms. The van der Waals surface area contributed by atoms with Crippen molar-refractivity contribution in [3.05, 3.63) is 34.8 Å². The van der Waals surface area contributed by atoms with Crippen molar-refractivity contribution in [2.75, 3.05) is 5.32 Å². The molecule has 0 saturated heterocycles. The second-order valence-corrected chi connectivity index (χ2v) is 6.29. The first-order valence-corrected chi connectivity index (χ1v) is 8.12. The fourth-order valence-electron chi connectivity index (χ4n) is 1.72. The van der Waals surface area contributed by atoms with Gasteiger partial charge in [0.1, 0.15) is 0 Å². The molecular weight excluding hydrogens is 310 g/mol. The first-order chi connectivity index (χ1) is 9.99. The summed E-state index contributed by atoms with van der Waals surface area (Å²) < 4.78 is 10.3. The molecular formula is C11H10Al2N2O6. The van der Waals surface area contributed by atoms with Crippen LogP contribution in [0.1, 0.15) is 0 Å². The minimum Gasteiger partial charge on any atom is -0.605 e. The van der Waals surface area contributed by atoms with Crippen LogP contribution in [0, 0.1) is 0 Å². The normalized spacial score (nSPS) is 9.90. The maximum Gasteiger partial charge on any atom is 0.501 e. The average Bonchev–Trinajstić information content (AvgIpc) is 2.79. The molecule has 1 amide bonds. The van der Waals surface area contributed by atoms with E-state index in [9.17, 15) is 14.4 Å². The number of hydrogen-bond acceptors (Lipinski definition) is 5. The van der Waals surface area contributed by atoms with Gasteiger partial charge in [-0.05, 0) is 0 Å². The number of aromatic amines is 1. The first kappa shape index (κ1) is 15.4. The van der Waals surface area contributed by atoms with Crippen molar-refractivity contribution in [1.82, 2.24) is 4.98 Å². The minimum absolute atomic E-state index is 0.101. The summed E-state index contributed by atoms with van der Waals surface area (Å²) >= 11 is -1.15. The van der Waals surface area contributed by atoms with Crippen molar-refractivity contribution in [3.8, 4) is 11.3 Å². The zero-order chi connectivity index (χ0) is 15.4. The fourth-order valence-corrected chi connectivity index (χ4v) is 2.64. The molecule has 106 valence electrons. The van der Waals surface area contributed by atoms with Gasteiger partial charge >= 0.3 is 43.7 Å². The number of nitrogens with one attached hydrogen (secondary N) is 2. The van der Waals surface area contributed by atoms with E-state index < -0.39 is 31.9 Å². The van der Waals surface area contributed by atoms with Gasteiger partial charge in [-0.2, -0.15) is 0 Å². The molecule has 2 rings (SSSR count). The van der Waals surface area contributed by atoms with Crippen molar-refractivity contribution in [2.45, 2.75) is 0 Å². The van der Waals surface area contributed by atoms with E-state index in [2.05, 4.69) is 14.1 Å². The molecule has 0 aliphatic heterocycles. The predicted molar refractivity (Wildman–Crippen MR) is 78.2 cm³/mol. The maximum atomic E-state index is 11.3. The van der Waals surface area contributed by atoms with Gasteiger partial charge in [-0.25, -0.2) is 9.59 Å². The number of carboxylic acid groups (broad SMARTS) is 1. The molecule has 1 heterocycles. The molecule has 0 saturated carbocycles. The summed E-state index contributed by atoms with van der Waals surface area (Å²) in [5, 5.41) is 11.1. The van der Waals surface area contributed by atoms with E-state index in [0.29, 0.717) is 5.56 Å². The highest BCUT2D eigenvalue weighted by molar-refractivity contribution is 6.82. The van der Waals surface area contributed by atoms with E-state index in [1.165, 1.54) is 0 Å². The smallest absolute Gasteiger partial charge is 0.501 e. The van der Waals surface area contributed by atoms with E-state index in [-0.39, 0.29) is 28.2 Å². The van der Waals surface area contributed by atoms with Crippen LogP contribution >= 0.6 is 0 Å². The first-order valence-electron chi connectivity index (χ1n) is 5.89. The summed E-state index contributed by atoms with van der Waals surface area (Å²) in [6.45, 7) is 0. The van der Waals surface area contributed by atoms with Crippen LogP contribution in [0.4, 0.5) is 15.4 Å². The zero-order valence-corrected chi connectivity index (χ0v) is 14.4. The van der Waals surface area contributed by atoms with Gasteiger partial charge in [0, 0.05) is 5.56 Å². The van der Waals surface area contributed by atoms with Crippen LogP contribution < -0.4 is 15.5 Å². The quantitative estimate of drug-likeness (QED) is 0.651. The lowest BCUT2D eigenvalue weighted by molar-refractivity contribution is 0.218. The minimum atomic E-state index is -1.37. The van der Waals surface area contributed by atoms with Gasteiger partial charge in [0.25, 0.3) is 0 Å². The Morgan fingerprint density at radius 1 is 1.33 bits per heavy atom. The van der Waals surface area contributed by atoms with Crippen molar-refractivity contribution >= 4 is 53.0 Å². The Morgan fingerprint density at radius 3 is 2.57 bits per heavy atom. The Bertz CT molecular complexity index is 721. The third-order valence-corrected chi connectivity index (χ3v) is 4.19. The Labute approximate surface area is 132 Å². The second-order valence-electron chi connectivity index (χ2n) is 4.10. The van der Waals surface area contributed by atoms with E-state index >= 15 is 0 Å². The topological polar surface area (TPSA) is 122 Å². The highest BCUT2D eigenvalue weighted by Gasteiger charge is 2.15. The molecule has 0 aliphatic rings. The van der Waals surface area contributed by atoms with Gasteiger partial charge in [-0.1, -0.05) is 28.7 Å². The maximum absolute atomic E-state index is 11.3. The Balaban J connectivity index is 2.31. The zero-order valence-electron chi connectivity index (χ0n) is 11.0. The number of benzene rings is 1. The van der Waals surface area contributed by atoms with Crippen molar-refractivity contribution in [1.29, 1.82) is 0 Å². The number of hydrogen-bond donors (Lipinski definition) is 3. The van der Waals surface area contributed by atoms with Crippen LogP contribution in [0.25, 0.3) is 11.3 Å². The number of H-pyrrole nitrogens is 1. The summed E-state index contributed by atoms with van der Waals surface area (Å²) in [6.07, 6.45) is -0.685. The van der Waals surface area contributed by atoms with Crippen molar-refractivity contribution in [3.63, 3.8) is 0 Å². The van der Waals surface area contributed by atoms with Gasteiger partial charge in [0.2, 0.25) is 0 Å². The molecule has 2 aromatic rings. The Morgan fingerprint density at radius 2 is 2.00 bits per heavy atom. The van der Waals surface area contributed by atoms with Gasteiger partial charge in [-0.15, -0.1) is 0 Å². The fraction of sp³-hybridized carbons (Fsp3) is 0. The largest absolute Gasteiger partial charge is 0.605 e. The lowest BCUT2D eigenvalue weighted by Crippen LogP contribution is -2.21. The summed E-state index contributed by atoms with van der Waals surface area (Å²) in [5.41, 5.74) is 0.542. The van der Waals surface area contributed by atoms with E-state index in [1.807, 2.05) is 0 Å². The van der Waals surface area contributed by atoms with E-state index in [0.717, 1.165) is 4.43 Å². The lowest BCUT2D eigenvalue weighted by atomic mass is 10.2. The van der Waals surface area contributed by atoms with Crippen LogP contribution in [-0.4, -0.2) is 52.9 Å². The molecule has 0 spiro atoms. The standard InChI is InChI=1S/C10H7N2O4.CHO2.2Al.3H/c13-9(14)11-8-7(16-10(15)12-8)6-4-2-1-3-5-6;2-1-3;;;;;/h2-5,11H,(H,12,15)(H,13,14);(H,2,3);;;;;/q;;;+1;;;/p-1. The van der Waals surface area contributed by atoms with Gasteiger partial charge in [-0.3, -0.25) is 15.1 Å². The molecule has 10 heteroatoms. The molecule has 0 atom stereocenters. The number of amides is 1. The summed E-state index contributed by atoms with van der Waals surface area (Å²) in [7, 11) is 0. The molecule has 0 radical (unpaired) electrons. The summed E-state index contributed by atoms with van der Waals surface area (Å²) in [5.74, 6) is -0.447. The van der Waals surface area contributed by atoms with Crippen LogP contribution in [0.3, 0.4) is 0 Å². The van der Waals surface area contributed by atoms with Crippen molar-refractivity contribution in [2.24, 2.45) is 0 Å². The second kappa shape index (κ2) is 6.66. The number of anilines is 1. The molecule has 8 nitrogen and oxygen atoms in total. The SMILES string of the molecule is O=C(Nc1[nH]c(=O)oc1-c1cc[c]([AlH][C](=O)O)cc1)[O][AlH2]. The molecule has 1 aromatic heterocycles. The van der Waals surface area contributed by atoms with Crippen LogP contribution in [-0.2, 0) is 3.79 Å². The highest BCUT2D eigenvalue weighted by atomic mass is 27.1. The predicted octanol–water partition coefficient (Wildman–Crippen LogP) is -0.529. The summed E-state index contributed by atoms with van der Waals surface area (Å²) in [6, 6.07) is 6.60. The highest BCUT2D eigenvalue weighted by Crippen LogP contribution is 2.24. The molecule has 0 aliphatic carbocycles. The number of carbonyl (C=O) groups is 2. The number of aromatic nitrogens is 1. The van der Waals surface area contributed by atoms with E-state index in [1.54, 1.807) is 24.3 Å². The monoisotopic (exact) mass is 320 g/mol. The molecule has 3 N–H and O–H groups in total. The number of carbonyl (C=O) groups excluding carboxylic acids is 1. The molecule has 0 unspecified atom stereocenters.